The number of hydrogen-bond acceptors (Lipinski definition) is 3. The van der Waals surface area contributed by atoms with E-state index < -0.39 is 0 Å². The largest absolute Gasteiger partial charge is 0.493 e. The van der Waals surface area contributed by atoms with Gasteiger partial charge in [0.1, 0.15) is 0 Å². The van der Waals surface area contributed by atoms with Gasteiger partial charge in [0.2, 0.25) is 0 Å². The van der Waals surface area contributed by atoms with Crippen LogP contribution in [0, 0.1) is 0 Å². The summed E-state index contributed by atoms with van der Waals surface area (Å²) in [7, 11) is 1.68. The van der Waals surface area contributed by atoms with Crippen molar-refractivity contribution >= 4 is 11.0 Å². The molecule has 1 aromatic carbocycles. The maximum atomic E-state index is 5.41. The van der Waals surface area contributed by atoms with Crippen LogP contribution in [-0.2, 0) is 0 Å². The van der Waals surface area contributed by atoms with Crippen molar-refractivity contribution in [1.29, 1.82) is 0 Å². The summed E-state index contributed by atoms with van der Waals surface area (Å²) in [6.07, 6.45) is 4.15. The summed E-state index contributed by atoms with van der Waals surface area (Å²) in [6.45, 7) is 1.11. The van der Waals surface area contributed by atoms with Gasteiger partial charge in [-0.15, -0.1) is 0 Å². The van der Waals surface area contributed by atoms with Crippen LogP contribution >= 0.6 is 0 Å². The van der Waals surface area contributed by atoms with Crippen molar-refractivity contribution in [2.75, 3.05) is 13.7 Å². The van der Waals surface area contributed by atoms with Crippen LogP contribution in [0.2, 0.25) is 0 Å². The van der Waals surface area contributed by atoms with Gasteiger partial charge in [0.25, 0.3) is 0 Å². The van der Waals surface area contributed by atoms with Crippen molar-refractivity contribution in [2.24, 2.45) is 0 Å². The predicted molar refractivity (Wildman–Crippen MR) is 62.7 cm³/mol. The number of benzene rings is 1. The van der Waals surface area contributed by atoms with Crippen LogP contribution in [0.15, 0.2) is 28.9 Å². The molecule has 1 aromatic heterocycles. The number of methoxy groups -OCH3 is 1. The molecule has 1 aliphatic rings. The van der Waals surface area contributed by atoms with E-state index >= 15 is 0 Å². The summed E-state index contributed by atoms with van der Waals surface area (Å²) in [4.78, 5) is 0. The first kappa shape index (κ1) is 9.73. The minimum Gasteiger partial charge on any atom is -0.493 e. The second-order valence-corrected chi connectivity index (χ2v) is 4.21. The molecular formula is C13H15NO2. The summed E-state index contributed by atoms with van der Waals surface area (Å²) in [5.74, 6) is 0.825. The molecular weight excluding hydrogens is 202 g/mol. The van der Waals surface area contributed by atoms with Gasteiger partial charge in [-0.3, -0.25) is 0 Å². The van der Waals surface area contributed by atoms with Gasteiger partial charge in [-0.25, -0.2) is 0 Å². The summed E-state index contributed by atoms with van der Waals surface area (Å²) in [5.41, 5.74) is 2.13. The van der Waals surface area contributed by atoms with Crippen molar-refractivity contribution in [1.82, 2.24) is 5.32 Å². The maximum absolute atomic E-state index is 5.41. The topological polar surface area (TPSA) is 34.4 Å². The Morgan fingerprint density at radius 1 is 1.44 bits per heavy atom. The van der Waals surface area contributed by atoms with Gasteiger partial charge in [0.05, 0.1) is 13.4 Å². The zero-order valence-corrected chi connectivity index (χ0v) is 9.32. The SMILES string of the molecule is COc1cc(C2CCCN2)cc2ccoc12. The fourth-order valence-electron chi connectivity index (χ4n) is 2.39. The highest BCUT2D eigenvalue weighted by Gasteiger charge is 2.18. The lowest BCUT2D eigenvalue weighted by molar-refractivity contribution is 0.409. The Morgan fingerprint density at radius 3 is 3.12 bits per heavy atom. The van der Waals surface area contributed by atoms with E-state index in [1.807, 2.05) is 6.07 Å². The minimum absolute atomic E-state index is 0.466. The molecule has 2 aromatic rings. The van der Waals surface area contributed by atoms with Crippen LogP contribution in [0.4, 0.5) is 0 Å². The third-order valence-electron chi connectivity index (χ3n) is 3.22. The average Bonchev–Trinajstić information content (AvgIpc) is 2.97. The third-order valence-corrected chi connectivity index (χ3v) is 3.22. The lowest BCUT2D eigenvalue weighted by atomic mass is 10.0. The summed E-state index contributed by atoms with van der Waals surface area (Å²) >= 11 is 0. The minimum atomic E-state index is 0.466. The molecule has 1 aliphatic heterocycles. The molecule has 0 radical (unpaired) electrons. The predicted octanol–water partition coefficient (Wildman–Crippen LogP) is 2.87. The first-order valence-corrected chi connectivity index (χ1v) is 5.67. The van der Waals surface area contributed by atoms with E-state index in [-0.39, 0.29) is 0 Å². The molecule has 1 atom stereocenters. The van der Waals surface area contributed by atoms with E-state index in [0.29, 0.717) is 6.04 Å². The second-order valence-electron chi connectivity index (χ2n) is 4.21. The monoisotopic (exact) mass is 217 g/mol. The zero-order chi connectivity index (χ0) is 11.0. The molecule has 3 rings (SSSR count). The van der Waals surface area contributed by atoms with Crippen LogP contribution in [0.1, 0.15) is 24.4 Å². The van der Waals surface area contributed by atoms with Crippen molar-refractivity contribution < 1.29 is 9.15 Å². The maximum Gasteiger partial charge on any atom is 0.175 e. The molecule has 0 saturated carbocycles. The lowest BCUT2D eigenvalue weighted by Crippen LogP contribution is -2.12. The standard InChI is InChI=1S/C13H15NO2/c1-15-12-8-10(11-3-2-5-14-11)7-9-4-6-16-13(9)12/h4,6-8,11,14H,2-3,5H2,1H3. The fraction of sp³-hybridized carbons (Fsp3) is 0.385. The molecule has 1 N–H and O–H groups in total. The zero-order valence-electron chi connectivity index (χ0n) is 9.32. The first-order valence-electron chi connectivity index (χ1n) is 5.67. The molecule has 16 heavy (non-hydrogen) atoms. The molecule has 0 bridgehead atoms. The summed E-state index contributed by atoms with van der Waals surface area (Å²) < 4.78 is 10.8. The molecule has 1 unspecified atom stereocenters. The Hall–Kier alpha value is -1.48. The van der Waals surface area contributed by atoms with Gasteiger partial charge in [-0.05, 0) is 43.1 Å². The molecule has 0 spiro atoms. The van der Waals surface area contributed by atoms with E-state index in [2.05, 4.69) is 17.4 Å². The van der Waals surface area contributed by atoms with Gasteiger partial charge in [0.15, 0.2) is 11.3 Å². The number of ether oxygens (including phenoxy) is 1. The lowest BCUT2D eigenvalue weighted by Gasteiger charge is -2.12. The molecule has 84 valence electrons. The number of hydrogen-bond donors (Lipinski definition) is 1. The molecule has 0 amide bonds. The van der Waals surface area contributed by atoms with Crippen LogP contribution in [0.3, 0.4) is 0 Å². The normalized spacial score (nSPS) is 20.4. The highest BCUT2D eigenvalue weighted by atomic mass is 16.5. The van der Waals surface area contributed by atoms with Crippen LogP contribution < -0.4 is 10.1 Å². The van der Waals surface area contributed by atoms with Crippen LogP contribution in [-0.4, -0.2) is 13.7 Å². The summed E-state index contributed by atoms with van der Waals surface area (Å²) in [6, 6.07) is 6.71. The summed E-state index contributed by atoms with van der Waals surface area (Å²) in [5, 5.41) is 4.61. The fourth-order valence-corrected chi connectivity index (χ4v) is 2.39. The van der Waals surface area contributed by atoms with Crippen LogP contribution in [0.25, 0.3) is 11.0 Å². The number of nitrogens with one attached hydrogen (secondary N) is 1. The van der Waals surface area contributed by atoms with E-state index in [1.54, 1.807) is 13.4 Å². The van der Waals surface area contributed by atoms with E-state index in [0.717, 1.165) is 23.3 Å². The second kappa shape index (κ2) is 3.83. The smallest absolute Gasteiger partial charge is 0.175 e. The highest BCUT2D eigenvalue weighted by molar-refractivity contribution is 5.84. The third kappa shape index (κ3) is 1.48. The van der Waals surface area contributed by atoms with E-state index in [1.165, 1.54) is 18.4 Å². The molecule has 1 fully saturated rings. The molecule has 0 aliphatic carbocycles. The number of furan rings is 1. The van der Waals surface area contributed by atoms with Crippen LogP contribution in [0.5, 0.6) is 5.75 Å². The number of rotatable bonds is 2. The van der Waals surface area contributed by atoms with Gasteiger partial charge < -0.3 is 14.5 Å². The molecule has 3 heteroatoms. The molecule has 3 nitrogen and oxygen atoms in total. The van der Waals surface area contributed by atoms with Gasteiger partial charge in [-0.1, -0.05) is 0 Å². The van der Waals surface area contributed by atoms with E-state index in [9.17, 15) is 0 Å². The quantitative estimate of drug-likeness (QED) is 0.840. The van der Waals surface area contributed by atoms with Gasteiger partial charge in [0, 0.05) is 11.4 Å². The molecule has 1 saturated heterocycles. The first-order chi connectivity index (χ1) is 7.88. The van der Waals surface area contributed by atoms with Gasteiger partial charge >= 0.3 is 0 Å². The van der Waals surface area contributed by atoms with Gasteiger partial charge in [-0.2, -0.15) is 0 Å². The Labute approximate surface area is 94.4 Å². The Kier molecular flexibility index (Phi) is 2.33. The van der Waals surface area contributed by atoms with Crippen molar-refractivity contribution in [3.63, 3.8) is 0 Å². The Morgan fingerprint density at radius 2 is 2.38 bits per heavy atom. The highest BCUT2D eigenvalue weighted by Crippen LogP contribution is 2.33. The number of fused-ring (bicyclic) bond motifs is 1. The molecule has 2 heterocycles. The van der Waals surface area contributed by atoms with Crippen molar-refractivity contribution in [2.45, 2.75) is 18.9 Å². The Bertz CT molecular complexity index is 498. The Balaban J connectivity index is 2.10. The van der Waals surface area contributed by atoms with E-state index in [4.69, 9.17) is 9.15 Å². The average molecular weight is 217 g/mol. The van der Waals surface area contributed by atoms with Crippen molar-refractivity contribution in [3.05, 3.63) is 30.0 Å². The van der Waals surface area contributed by atoms with Crippen molar-refractivity contribution in [3.8, 4) is 5.75 Å².